The Hall–Kier alpha value is -3.31. The number of rotatable bonds is 9. The van der Waals surface area contributed by atoms with E-state index in [2.05, 4.69) is 21.6 Å². The van der Waals surface area contributed by atoms with Crippen LogP contribution in [-0.2, 0) is 18.0 Å². The van der Waals surface area contributed by atoms with Gasteiger partial charge in [-0.2, -0.15) is 10.4 Å². The summed E-state index contributed by atoms with van der Waals surface area (Å²) in [5.74, 6) is 1.49. The minimum absolute atomic E-state index is 0.308. The Labute approximate surface area is 202 Å². The molecule has 33 heavy (non-hydrogen) atoms. The van der Waals surface area contributed by atoms with Crippen molar-refractivity contribution < 1.29 is 14.2 Å². The lowest BCUT2D eigenvalue weighted by Gasteiger charge is -2.12. The Morgan fingerprint density at radius 2 is 1.88 bits per heavy atom. The smallest absolute Gasteiger partial charge is 0.164 e. The Morgan fingerprint density at radius 3 is 2.58 bits per heavy atom. The molecule has 3 aromatic rings. The van der Waals surface area contributed by atoms with Gasteiger partial charge in [0.1, 0.15) is 18.2 Å². The number of nitriles is 1. The van der Waals surface area contributed by atoms with E-state index in [0.717, 1.165) is 22.4 Å². The van der Waals surface area contributed by atoms with Gasteiger partial charge in [0, 0.05) is 18.4 Å². The van der Waals surface area contributed by atoms with Crippen LogP contribution in [0.2, 0.25) is 10.0 Å². The van der Waals surface area contributed by atoms with E-state index in [1.807, 2.05) is 25.1 Å². The molecule has 3 rings (SSSR count). The molecule has 0 aliphatic heterocycles. The van der Waals surface area contributed by atoms with Crippen LogP contribution < -0.4 is 14.9 Å². The van der Waals surface area contributed by atoms with Crippen LogP contribution in [0.15, 0.2) is 47.6 Å². The summed E-state index contributed by atoms with van der Waals surface area (Å²) in [6, 6.07) is 14.7. The van der Waals surface area contributed by atoms with E-state index in [1.165, 1.54) is 0 Å². The summed E-state index contributed by atoms with van der Waals surface area (Å²) in [5, 5.41) is 14.7. The monoisotopic (exact) mass is 484 g/mol. The molecule has 0 bridgehead atoms. The number of benzene rings is 2. The molecule has 0 aliphatic carbocycles. The van der Waals surface area contributed by atoms with E-state index in [9.17, 15) is 5.26 Å². The van der Waals surface area contributed by atoms with E-state index in [4.69, 9.17) is 37.4 Å². The van der Waals surface area contributed by atoms with E-state index in [1.54, 1.807) is 44.7 Å². The quantitative estimate of drug-likeness (QED) is 0.307. The fraction of sp³-hybridized carbons (Fsp3) is 0.208. The molecule has 1 aromatic heterocycles. The van der Waals surface area contributed by atoms with Gasteiger partial charge in [0.25, 0.3) is 0 Å². The number of aromatic nitrogens is 1. The van der Waals surface area contributed by atoms with Gasteiger partial charge in [0.05, 0.1) is 30.0 Å². The van der Waals surface area contributed by atoms with Crippen LogP contribution in [0, 0.1) is 18.3 Å². The number of halogens is 2. The zero-order valence-electron chi connectivity index (χ0n) is 18.4. The summed E-state index contributed by atoms with van der Waals surface area (Å²) >= 11 is 12.0. The largest absolute Gasteiger partial charge is 0.493 e. The van der Waals surface area contributed by atoms with Crippen molar-refractivity contribution in [3.8, 4) is 17.6 Å². The predicted molar refractivity (Wildman–Crippen MR) is 129 cm³/mol. The number of anilines is 1. The lowest BCUT2D eigenvalue weighted by molar-refractivity contribution is 0.184. The van der Waals surface area contributed by atoms with Crippen molar-refractivity contribution in [2.24, 2.45) is 5.10 Å². The molecule has 0 fully saturated rings. The SMILES string of the molecule is COCc1cc(C)nc(N/N=C/c2ccc(OCc3ccc(Cl)c(Cl)c3)c(OC)c2)c1C#N. The number of hydrogen-bond acceptors (Lipinski definition) is 7. The van der Waals surface area contributed by atoms with Crippen molar-refractivity contribution >= 4 is 35.2 Å². The number of nitrogens with one attached hydrogen (secondary N) is 1. The van der Waals surface area contributed by atoms with Crippen LogP contribution in [0.4, 0.5) is 5.82 Å². The maximum atomic E-state index is 9.51. The van der Waals surface area contributed by atoms with Crippen molar-refractivity contribution in [3.05, 3.63) is 80.5 Å². The average molecular weight is 485 g/mol. The third kappa shape index (κ3) is 6.36. The number of nitrogens with zero attached hydrogens (tertiary/aromatic N) is 3. The summed E-state index contributed by atoms with van der Waals surface area (Å²) in [5.41, 5.74) is 6.39. The Kier molecular flexibility index (Phi) is 8.50. The maximum Gasteiger partial charge on any atom is 0.164 e. The van der Waals surface area contributed by atoms with Crippen LogP contribution in [0.3, 0.4) is 0 Å². The van der Waals surface area contributed by atoms with Crippen molar-refractivity contribution in [1.29, 1.82) is 5.26 Å². The molecule has 1 N–H and O–H groups in total. The Balaban J connectivity index is 1.72. The molecule has 0 atom stereocenters. The van der Waals surface area contributed by atoms with Crippen LogP contribution >= 0.6 is 23.2 Å². The third-order valence-electron chi connectivity index (χ3n) is 4.59. The van der Waals surface area contributed by atoms with Gasteiger partial charge in [-0.15, -0.1) is 0 Å². The first-order valence-electron chi connectivity index (χ1n) is 9.88. The van der Waals surface area contributed by atoms with Gasteiger partial charge in [-0.3, -0.25) is 5.43 Å². The summed E-state index contributed by atoms with van der Waals surface area (Å²) < 4.78 is 16.5. The van der Waals surface area contributed by atoms with Gasteiger partial charge in [0.2, 0.25) is 0 Å². The second-order valence-electron chi connectivity index (χ2n) is 7.01. The zero-order valence-corrected chi connectivity index (χ0v) is 19.9. The molecule has 0 aliphatic rings. The minimum Gasteiger partial charge on any atom is -0.493 e. The van der Waals surface area contributed by atoms with Crippen molar-refractivity contribution in [1.82, 2.24) is 4.98 Å². The highest BCUT2D eigenvalue weighted by Crippen LogP contribution is 2.29. The summed E-state index contributed by atoms with van der Waals surface area (Å²) in [4.78, 5) is 4.37. The summed E-state index contributed by atoms with van der Waals surface area (Å²) in [6.45, 7) is 2.46. The molecule has 170 valence electrons. The van der Waals surface area contributed by atoms with Crippen molar-refractivity contribution in [2.75, 3.05) is 19.6 Å². The van der Waals surface area contributed by atoms with Crippen molar-refractivity contribution in [2.45, 2.75) is 20.1 Å². The highest BCUT2D eigenvalue weighted by molar-refractivity contribution is 6.42. The first kappa shape index (κ1) is 24.3. The molecular formula is C24H22Cl2N4O3. The first-order chi connectivity index (χ1) is 15.9. The zero-order chi connectivity index (χ0) is 23.8. The summed E-state index contributed by atoms with van der Waals surface area (Å²) in [7, 11) is 3.14. The molecule has 0 saturated heterocycles. The second kappa shape index (κ2) is 11.5. The van der Waals surface area contributed by atoms with Crippen LogP contribution in [0.25, 0.3) is 0 Å². The van der Waals surface area contributed by atoms with Crippen LogP contribution in [0.1, 0.15) is 27.9 Å². The van der Waals surface area contributed by atoms with Crippen molar-refractivity contribution in [3.63, 3.8) is 0 Å². The van der Waals surface area contributed by atoms with E-state index >= 15 is 0 Å². The molecule has 7 nitrogen and oxygen atoms in total. The number of hydrazone groups is 1. The highest BCUT2D eigenvalue weighted by atomic mass is 35.5. The molecule has 0 spiro atoms. The number of aryl methyl sites for hydroxylation is 1. The first-order valence-corrected chi connectivity index (χ1v) is 10.6. The topological polar surface area (TPSA) is 88.8 Å². The van der Waals surface area contributed by atoms with Gasteiger partial charge in [0.15, 0.2) is 17.3 Å². The van der Waals surface area contributed by atoms with Gasteiger partial charge in [-0.05, 0) is 54.4 Å². The molecule has 0 radical (unpaired) electrons. The second-order valence-corrected chi connectivity index (χ2v) is 7.82. The van der Waals surface area contributed by atoms with Gasteiger partial charge in [-0.1, -0.05) is 29.3 Å². The third-order valence-corrected chi connectivity index (χ3v) is 5.33. The average Bonchev–Trinajstić information content (AvgIpc) is 2.80. The fourth-order valence-electron chi connectivity index (χ4n) is 3.06. The fourth-order valence-corrected chi connectivity index (χ4v) is 3.38. The summed E-state index contributed by atoms with van der Waals surface area (Å²) in [6.07, 6.45) is 1.60. The standard InChI is InChI=1S/C24H22Cl2N4O3/c1-15-8-18(14-31-2)19(11-27)24(29-15)30-28-12-16-5-7-22(23(10-16)32-3)33-13-17-4-6-20(25)21(26)9-17/h4-10,12H,13-14H2,1-3H3,(H,29,30)/b28-12+. The maximum absolute atomic E-state index is 9.51. The number of pyridine rings is 1. The number of ether oxygens (including phenoxy) is 3. The Bertz CT molecular complexity index is 1210. The minimum atomic E-state index is 0.308. The van der Waals surface area contributed by atoms with Crippen LogP contribution in [0.5, 0.6) is 11.5 Å². The van der Waals surface area contributed by atoms with Gasteiger partial charge < -0.3 is 14.2 Å². The van der Waals surface area contributed by atoms with E-state index in [0.29, 0.717) is 46.1 Å². The highest BCUT2D eigenvalue weighted by Gasteiger charge is 2.11. The normalized spacial score (nSPS) is 10.8. The molecular weight excluding hydrogens is 463 g/mol. The van der Waals surface area contributed by atoms with E-state index < -0.39 is 0 Å². The molecule has 0 unspecified atom stereocenters. The molecule has 1 heterocycles. The van der Waals surface area contributed by atoms with E-state index in [-0.39, 0.29) is 0 Å². The molecule has 0 saturated carbocycles. The predicted octanol–water partition coefficient (Wildman–Crippen LogP) is 5.75. The lowest BCUT2D eigenvalue weighted by atomic mass is 10.1. The van der Waals surface area contributed by atoms with Gasteiger partial charge in [-0.25, -0.2) is 4.98 Å². The molecule has 0 amide bonds. The van der Waals surface area contributed by atoms with Gasteiger partial charge >= 0.3 is 0 Å². The molecule has 2 aromatic carbocycles. The Morgan fingerprint density at radius 1 is 1.06 bits per heavy atom. The lowest BCUT2D eigenvalue weighted by Crippen LogP contribution is -2.03. The number of methoxy groups -OCH3 is 2. The van der Waals surface area contributed by atoms with Crippen LogP contribution in [-0.4, -0.2) is 25.4 Å². The molecule has 9 heteroatoms. The number of hydrogen-bond donors (Lipinski definition) is 1.